The molecule has 1 atom stereocenters. The molecule has 1 aromatic carbocycles. The molecule has 0 aliphatic carbocycles. The van der Waals surface area contributed by atoms with E-state index in [-0.39, 0.29) is 5.60 Å². The maximum absolute atomic E-state index is 5.97. The topological polar surface area (TPSA) is 21.3 Å². The molecule has 96 valence electrons. The SMILES string of the molecule is COC(C)(C)CCN[C@@H](C)c1cccc(Cl)c1. The zero-order valence-electron chi connectivity index (χ0n) is 11.1. The van der Waals surface area contributed by atoms with Gasteiger partial charge in [-0.3, -0.25) is 0 Å². The van der Waals surface area contributed by atoms with Gasteiger partial charge in [0.15, 0.2) is 0 Å². The van der Waals surface area contributed by atoms with Crippen LogP contribution in [0.3, 0.4) is 0 Å². The molecule has 0 amide bonds. The molecular weight excluding hydrogens is 234 g/mol. The molecular formula is C14H22ClNO. The summed E-state index contributed by atoms with van der Waals surface area (Å²) >= 11 is 5.97. The van der Waals surface area contributed by atoms with Gasteiger partial charge in [0.25, 0.3) is 0 Å². The van der Waals surface area contributed by atoms with Gasteiger partial charge in [0.1, 0.15) is 0 Å². The van der Waals surface area contributed by atoms with E-state index in [2.05, 4.69) is 32.2 Å². The molecule has 0 bridgehead atoms. The number of ether oxygens (including phenoxy) is 1. The summed E-state index contributed by atoms with van der Waals surface area (Å²) in [5.41, 5.74) is 1.15. The zero-order chi connectivity index (χ0) is 12.9. The number of benzene rings is 1. The Morgan fingerprint density at radius 1 is 1.41 bits per heavy atom. The van der Waals surface area contributed by atoms with E-state index in [9.17, 15) is 0 Å². The average Bonchev–Trinajstić information content (AvgIpc) is 2.28. The van der Waals surface area contributed by atoms with Crippen molar-refractivity contribution in [2.24, 2.45) is 0 Å². The van der Waals surface area contributed by atoms with E-state index in [4.69, 9.17) is 16.3 Å². The summed E-state index contributed by atoms with van der Waals surface area (Å²) in [4.78, 5) is 0. The van der Waals surface area contributed by atoms with Crippen molar-refractivity contribution in [2.75, 3.05) is 13.7 Å². The molecule has 2 nitrogen and oxygen atoms in total. The molecule has 0 heterocycles. The largest absolute Gasteiger partial charge is 0.379 e. The molecule has 0 spiro atoms. The van der Waals surface area contributed by atoms with E-state index in [1.165, 1.54) is 5.56 Å². The highest BCUT2D eigenvalue weighted by atomic mass is 35.5. The van der Waals surface area contributed by atoms with Gasteiger partial charge < -0.3 is 10.1 Å². The van der Waals surface area contributed by atoms with Crippen LogP contribution in [0.15, 0.2) is 24.3 Å². The summed E-state index contributed by atoms with van der Waals surface area (Å²) in [6.45, 7) is 7.26. The van der Waals surface area contributed by atoms with Crippen molar-refractivity contribution >= 4 is 11.6 Å². The summed E-state index contributed by atoms with van der Waals surface area (Å²) in [6.07, 6.45) is 0.981. The van der Waals surface area contributed by atoms with Gasteiger partial charge in [-0.1, -0.05) is 23.7 Å². The average molecular weight is 256 g/mol. The van der Waals surface area contributed by atoms with Gasteiger partial charge in [-0.15, -0.1) is 0 Å². The standard InChI is InChI=1S/C14H22ClNO/c1-11(12-6-5-7-13(15)10-12)16-9-8-14(2,3)17-4/h5-7,10-11,16H,8-9H2,1-4H3/t11-/m0/s1. The van der Waals surface area contributed by atoms with Gasteiger partial charge in [-0.2, -0.15) is 0 Å². The number of rotatable bonds is 6. The first kappa shape index (κ1) is 14.5. The van der Waals surface area contributed by atoms with Crippen LogP contribution in [0.25, 0.3) is 0 Å². The molecule has 0 aromatic heterocycles. The van der Waals surface area contributed by atoms with Gasteiger partial charge in [0.2, 0.25) is 0 Å². The van der Waals surface area contributed by atoms with Gasteiger partial charge in [-0.25, -0.2) is 0 Å². The minimum atomic E-state index is -0.0684. The highest BCUT2D eigenvalue weighted by molar-refractivity contribution is 6.30. The molecule has 0 aliphatic heterocycles. The monoisotopic (exact) mass is 255 g/mol. The van der Waals surface area contributed by atoms with E-state index in [0.29, 0.717) is 6.04 Å². The van der Waals surface area contributed by atoms with Crippen LogP contribution in [0.5, 0.6) is 0 Å². The maximum Gasteiger partial charge on any atom is 0.0634 e. The highest BCUT2D eigenvalue weighted by Crippen LogP contribution is 2.18. The summed E-state index contributed by atoms with van der Waals surface area (Å²) in [5.74, 6) is 0. The molecule has 0 radical (unpaired) electrons. The van der Waals surface area contributed by atoms with E-state index < -0.39 is 0 Å². The highest BCUT2D eigenvalue weighted by Gasteiger charge is 2.16. The number of methoxy groups -OCH3 is 1. The Morgan fingerprint density at radius 2 is 2.12 bits per heavy atom. The van der Waals surface area contributed by atoms with Crippen LogP contribution in [-0.4, -0.2) is 19.3 Å². The lowest BCUT2D eigenvalue weighted by Crippen LogP contribution is -2.30. The van der Waals surface area contributed by atoms with Crippen LogP contribution >= 0.6 is 11.6 Å². The molecule has 1 N–H and O–H groups in total. The third kappa shape index (κ3) is 5.07. The second-order valence-corrected chi connectivity index (χ2v) is 5.38. The smallest absolute Gasteiger partial charge is 0.0634 e. The van der Waals surface area contributed by atoms with Crippen molar-refractivity contribution in [3.63, 3.8) is 0 Å². The molecule has 1 aromatic rings. The molecule has 17 heavy (non-hydrogen) atoms. The normalized spacial score (nSPS) is 13.7. The van der Waals surface area contributed by atoms with Crippen molar-refractivity contribution in [3.8, 4) is 0 Å². The summed E-state index contributed by atoms with van der Waals surface area (Å²) in [5, 5.41) is 4.26. The van der Waals surface area contributed by atoms with Gasteiger partial charge in [-0.05, 0) is 51.4 Å². The van der Waals surface area contributed by atoms with E-state index in [1.807, 2.05) is 18.2 Å². The van der Waals surface area contributed by atoms with Crippen LogP contribution in [0.4, 0.5) is 0 Å². The van der Waals surface area contributed by atoms with Crippen LogP contribution in [0.1, 0.15) is 38.8 Å². The third-order valence-corrected chi connectivity index (χ3v) is 3.31. The molecule has 1 rings (SSSR count). The summed E-state index contributed by atoms with van der Waals surface area (Å²) in [6, 6.07) is 8.27. The lowest BCUT2D eigenvalue weighted by molar-refractivity contribution is 0.0154. The molecule has 0 aliphatic rings. The second kappa shape index (κ2) is 6.39. The van der Waals surface area contributed by atoms with Crippen molar-refractivity contribution in [1.29, 1.82) is 0 Å². The van der Waals surface area contributed by atoms with Crippen molar-refractivity contribution in [1.82, 2.24) is 5.32 Å². The van der Waals surface area contributed by atoms with Crippen molar-refractivity contribution in [2.45, 2.75) is 38.8 Å². The van der Waals surface area contributed by atoms with E-state index >= 15 is 0 Å². The lowest BCUT2D eigenvalue weighted by Gasteiger charge is -2.24. The van der Waals surface area contributed by atoms with E-state index in [1.54, 1.807) is 7.11 Å². The Labute approximate surface area is 109 Å². The predicted octanol–water partition coefficient (Wildman–Crippen LogP) is 3.81. The fourth-order valence-corrected chi connectivity index (χ4v) is 1.78. The van der Waals surface area contributed by atoms with Gasteiger partial charge in [0, 0.05) is 18.2 Å². The maximum atomic E-state index is 5.97. The predicted molar refractivity (Wildman–Crippen MR) is 73.6 cm³/mol. The third-order valence-electron chi connectivity index (χ3n) is 3.08. The molecule has 3 heteroatoms. The lowest BCUT2D eigenvalue weighted by atomic mass is 10.0. The number of hydrogen-bond acceptors (Lipinski definition) is 2. The van der Waals surface area contributed by atoms with Crippen molar-refractivity contribution in [3.05, 3.63) is 34.9 Å². The van der Waals surface area contributed by atoms with Gasteiger partial charge >= 0.3 is 0 Å². The zero-order valence-corrected chi connectivity index (χ0v) is 11.8. The summed E-state index contributed by atoms with van der Waals surface area (Å²) < 4.78 is 5.38. The van der Waals surface area contributed by atoms with E-state index in [0.717, 1.165) is 18.0 Å². The van der Waals surface area contributed by atoms with Crippen LogP contribution in [0, 0.1) is 0 Å². The Balaban J connectivity index is 2.42. The Hall–Kier alpha value is -0.570. The fourth-order valence-electron chi connectivity index (χ4n) is 1.59. The molecule has 0 saturated heterocycles. The first-order chi connectivity index (χ1) is 7.94. The Kier molecular flexibility index (Phi) is 5.44. The Bertz CT molecular complexity index is 352. The Morgan fingerprint density at radius 3 is 2.71 bits per heavy atom. The summed E-state index contributed by atoms with van der Waals surface area (Å²) in [7, 11) is 1.75. The number of halogens is 1. The van der Waals surface area contributed by atoms with Crippen LogP contribution < -0.4 is 5.32 Å². The quantitative estimate of drug-likeness (QED) is 0.835. The minimum absolute atomic E-state index is 0.0684. The van der Waals surface area contributed by atoms with Crippen LogP contribution in [-0.2, 0) is 4.74 Å². The van der Waals surface area contributed by atoms with Crippen LogP contribution in [0.2, 0.25) is 5.02 Å². The first-order valence-corrected chi connectivity index (χ1v) is 6.36. The minimum Gasteiger partial charge on any atom is -0.379 e. The molecule has 0 fully saturated rings. The molecule has 0 saturated carbocycles. The second-order valence-electron chi connectivity index (χ2n) is 4.94. The fraction of sp³-hybridized carbons (Fsp3) is 0.571. The molecule has 0 unspecified atom stereocenters. The van der Waals surface area contributed by atoms with Crippen molar-refractivity contribution < 1.29 is 4.74 Å². The number of hydrogen-bond donors (Lipinski definition) is 1. The number of nitrogens with one attached hydrogen (secondary N) is 1. The first-order valence-electron chi connectivity index (χ1n) is 5.98. The van der Waals surface area contributed by atoms with Gasteiger partial charge in [0.05, 0.1) is 5.60 Å².